The molecule has 1 unspecified atom stereocenters. The number of nitrogens with two attached hydrogens (primary N) is 1. The maximum absolute atomic E-state index is 13.3. The molecule has 0 bridgehead atoms. The van der Waals surface area contributed by atoms with E-state index < -0.39 is 21.7 Å². The van der Waals surface area contributed by atoms with Gasteiger partial charge in [0.15, 0.2) is 0 Å². The molecule has 8 heteroatoms. The molecular weight excluding hydrogens is 287 g/mol. The fourth-order valence-electron chi connectivity index (χ4n) is 2.10. The molecule has 110 valence electrons. The summed E-state index contributed by atoms with van der Waals surface area (Å²) < 4.78 is 41.4. The maximum atomic E-state index is 13.3. The van der Waals surface area contributed by atoms with Crippen molar-refractivity contribution in [2.24, 2.45) is 5.14 Å². The van der Waals surface area contributed by atoms with Crippen LogP contribution in [0.1, 0.15) is 16.8 Å². The molecule has 0 saturated carbocycles. The van der Waals surface area contributed by atoms with E-state index in [1.54, 1.807) is 0 Å². The first-order chi connectivity index (χ1) is 9.30. The number of hydrogen-bond donors (Lipinski definition) is 1. The van der Waals surface area contributed by atoms with E-state index in [0.29, 0.717) is 19.6 Å². The second-order valence-electron chi connectivity index (χ2n) is 4.62. The van der Waals surface area contributed by atoms with Crippen molar-refractivity contribution in [3.8, 4) is 0 Å². The van der Waals surface area contributed by atoms with E-state index in [9.17, 15) is 17.6 Å². The van der Waals surface area contributed by atoms with Gasteiger partial charge in [0, 0.05) is 13.7 Å². The predicted molar refractivity (Wildman–Crippen MR) is 69.1 cm³/mol. The van der Waals surface area contributed by atoms with Crippen LogP contribution in [0.3, 0.4) is 0 Å². The third-order valence-corrected chi connectivity index (χ3v) is 4.22. The first-order valence-corrected chi connectivity index (χ1v) is 7.52. The standard InChI is InChI=1S/C12H15FN2O4S/c1-15(9-4-5-19-7-9)12(16)10-6-8(13)2-3-11(10)20(14,17)18/h2-3,6,9H,4-5,7H2,1H3,(H2,14,17,18). The second-order valence-corrected chi connectivity index (χ2v) is 6.15. The summed E-state index contributed by atoms with van der Waals surface area (Å²) in [5.41, 5.74) is -0.262. The van der Waals surface area contributed by atoms with Crippen LogP contribution in [0.2, 0.25) is 0 Å². The molecule has 6 nitrogen and oxygen atoms in total. The molecule has 1 atom stereocenters. The Kier molecular flexibility index (Phi) is 4.07. The summed E-state index contributed by atoms with van der Waals surface area (Å²) >= 11 is 0. The molecule has 1 aromatic carbocycles. The number of benzene rings is 1. The Balaban J connectivity index is 2.40. The molecule has 2 rings (SSSR count). The first-order valence-electron chi connectivity index (χ1n) is 5.98. The highest BCUT2D eigenvalue weighted by Crippen LogP contribution is 2.20. The molecule has 0 radical (unpaired) electrons. The lowest BCUT2D eigenvalue weighted by Gasteiger charge is -2.24. The minimum absolute atomic E-state index is 0.154. The van der Waals surface area contributed by atoms with E-state index in [-0.39, 0.29) is 16.5 Å². The molecule has 1 aliphatic heterocycles. The Morgan fingerprint density at radius 3 is 2.75 bits per heavy atom. The number of amides is 1. The molecular formula is C12H15FN2O4S. The monoisotopic (exact) mass is 302 g/mol. The zero-order valence-electron chi connectivity index (χ0n) is 10.9. The Morgan fingerprint density at radius 2 is 2.20 bits per heavy atom. The van der Waals surface area contributed by atoms with Crippen molar-refractivity contribution in [1.82, 2.24) is 4.90 Å². The molecule has 0 aliphatic carbocycles. The van der Waals surface area contributed by atoms with Crippen LogP contribution in [0, 0.1) is 5.82 Å². The predicted octanol–water partition coefficient (Wildman–Crippen LogP) is 0.334. The molecule has 0 spiro atoms. The third kappa shape index (κ3) is 2.97. The molecule has 1 fully saturated rings. The Bertz CT molecular complexity index is 626. The van der Waals surface area contributed by atoms with Gasteiger partial charge in [0.05, 0.1) is 23.1 Å². The van der Waals surface area contributed by atoms with E-state index in [1.807, 2.05) is 0 Å². The minimum atomic E-state index is -4.10. The van der Waals surface area contributed by atoms with Gasteiger partial charge < -0.3 is 9.64 Å². The second kappa shape index (κ2) is 5.47. The van der Waals surface area contributed by atoms with Crippen molar-refractivity contribution in [1.29, 1.82) is 0 Å². The highest BCUT2D eigenvalue weighted by molar-refractivity contribution is 7.89. The van der Waals surface area contributed by atoms with E-state index >= 15 is 0 Å². The number of halogens is 1. The molecule has 1 amide bonds. The van der Waals surface area contributed by atoms with Crippen molar-refractivity contribution in [2.75, 3.05) is 20.3 Å². The Hall–Kier alpha value is -1.51. The lowest BCUT2D eigenvalue weighted by Crippen LogP contribution is -2.38. The number of nitrogens with zero attached hydrogens (tertiary/aromatic N) is 1. The largest absolute Gasteiger partial charge is 0.379 e. The highest BCUT2D eigenvalue weighted by Gasteiger charge is 2.28. The maximum Gasteiger partial charge on any atom is 0.255 e. The van der Waals surface area contributed by atoms with Crippen LogP contribution in [0.25, 0.3) is 0 Å². The first kappa shape index (κ1) is 14.9. The number of ether oxygens (including phenoxy) is 1. The van der Waals surface area contributed by atoms with Crippen LogP contribution in [-0.2, 0) is 14.8 Å². The van der Waals surface area contributed by atoms with Gasteiger partial charge >= 0.3 is 0 Å². The summed E-state index contributed by atoms with van der Waals surface area (Å²) in [4.78, 5) is 13.3. The normalized spacial score (nSPS) is 19.1. The lowest BCUT2D eigenvalue weighted by molar-refractivity contribution is 0.0707. The molecule has 0 aromatic heterocycles. The van der Waals surface area contributed by atoms with E-state index in [4.69, 9.17) is 9.88 Å². The average molecular weight is 302 g/mol. The number of rotatable bonds is 3. The van der Waals surface area contributed by atoms with Crippen molar-refractivity contribution in [2.45, 2.75) is 17.4 Å². The van der Waals surface area contributed by atoms with Gasteiger partial charge in [0.25, 0.3) is 5.91 Å². The van der Waals surface area contributed by atoms with Gasteiger partial charge in [-0.2, -0.15) is 0 Å². The van der Waals surface area contributed by atoms with Crippen LogP contribution >= 0.6 is 0 Å². The SMILES string of the molecule is CN(C(=O)c1cc(F)ccc1S(N)(=O)=O)C1CCOC1. The van der Waals surface area contributed by atoms with E-state index in [1.165, 1.54) is 11.9 Å². The zero-order valence-corrected chi connectivity index (χ0v) is 11.7. The third-order valence-electron chi connectivity index (χ3n) is 3.25. The van der Waals surface area contributed by atoms with Crippen LogP contribution < -0.4 is 5.14 Å². The summed E-state index contributed by atoms with van der Waals surface area (Å²) in [5, 5.41) is 5.05. The number of primary sulfonamides is 1. The number of carbonyl (C=O) groups is 1. The van der Waals surface area contributed by atoms with Gasteiger partial charge in [-0.25, -0.2) is 17.9 Å². The van der Waals surface area contributed by atoms with E-state index in [2.05, 4.69) is 0 Å². The molecule has 1 aromatic rings. The van der Waals surface area contributed by atoms with Gasteiger partial charge in [-0.15, -0.1) is 0 Å². The van der Waals surface area contributed by atoms with Gasteiger partial charge in [0.2, 0.25) is 10.0 Å². The van der Waals surface area contributed by atoms with Crippen LogP contribution in [0.5, 0.6) is 0 Å². The summed E-state index contributed by atoms with van der Waals surface area (Å²) in [6, 6.07) is 2.68. The summed E-state index contributed by atoms with van der Waals surface area (Å²) in [7, 11) is -2.57. The number of carbonyl (C=O) groups excluding carboxylic acids is 1. The fourth-order valence-corrected chi connectivity index (χ4v) is 2.81. The molecule has 2 N–H and O–H groups in total. The van der Waals surface area contributed by atoms with Crippen LogP contribution in [0.15, 0.2) is 23.1 Å². The number of sulfonamides is 1. The quantitative estimate of drug-likeness (QED) is 0.871. The lowest BCUT2D eigenvalue weighted by atomic mass is 10.1. The fraction of sp³-hybridized carbons (Fsp3) is 0.417. The van der Waals surface area contributed by atoms with Crippen molar-refractivity contribution in [3.05, 3.63) is 29.6 Å². The van der Waals surface area contributed by atoms with Gasteiger partial charge in [-0.3, -0.25) is 4.79 Å². The van der Waals surface area contributed by atoms with Crippen molar-refractivity contribution in [3.63, 3.8) is 0 Å². The molecule has 1 heterocycles. The Morgan fingerprint density at radius 1 is 1.50 bits per heavy atom. The summed E-state index contributed by atoms with van der Waals surface area (Å²) in [5.74, 6) is -1.29. The van der Waals surface area contributed by atoms with Gasteiger partial charge in [0.1, 0.15) is 5.82 Å². The highest BCUT2D eigenvalue weighted by atomic mass is 32.2. The molecule has 1 saturated heterocycles. The average Bonchev–Trinajstić information content (AvgIpc) is 2.89. The molecule has 20 heavy (non-hydrogen) atoms. The summed E-state index contributed by atoms with van der Waals surface area (Å²) in [6.07, 6.45) is 0.655. The van der Waals surface area contributed by atoms with Crippen molar-refractivity contribution < 1.29 is 22.3 Å². The number of hydrogen-bond acceptors (Lipinski definition) is 4. The Labute approximate surface area is 116 Å². The van der Waals surface area contributed by atoms with Gasteiger partial charge in [-0.1, -0.05) is 0 Å². The van der Waals surface area contributed by atoms with E-state index in [0.717, 1.165) is 18.2 Å². The van der Waals surface area contributed by atoms with Crippen molar-refractivity contribution >= 4 is 15.9 Å². The number of likely N-dealkylation sites (N-methyl/N-ethyl adjacent to an activating group) is 1. The van der Waals surface area contributed by atoms with Gasteiger partial charge in [-0.05, 0) is 24.6 Å². The smallest absolute Gasteiger partial charge is 0.255 e. The molecule has 1 aliphatic rings. The zero-order chi connectivity index (χ0) is 14.9. The minimum Gasteiger partial charge on any atom is -0.379 e. The topological polar surface area (TPSA) is 89.7 Å². The van der Waals surface area contributed by atoms with Crippen LogP contribution in [-0.4, -0.2) is 45.5 Å². The van der Waals surface area contributed by atoms with Crippen LogP contribution in [0.4, 0.5) is 4.39 Å². The summed E-state index contributed by atoms with van der Waals surface area (Å²) in [6.45, 7) is 0.912.